The Hall–Kier alpha value is -2.01. The molecule has 1 aliphatic rings. The normalized spacial score (nSPS) is 14.9. The Kier molecular flexibility index (Phi) is 4.41. The summed E-state index contributed by atoms with van der Waals surface area (Å²) in [6.07, 6.45) is 3.49. The average Bonchev–Trinajstić information content (AvgIpc) is 2.41. The first-order valence-electron chi connectivity index (χ1n) is 6.34. The van der Waals surface area contributed by atoms with Gasteiger partial charge in [0.2, 0.25) is 0 Å². The molecule has 0 radical (unpaired) electrons. The number of carbonyl (C=O) groups excluding carboxylic acids is 1. The van der Waals surface area contributed by atoms with E-state index >= 15 is 0 Å². The average molecular weight is 261 g/mol. The molecule has 1 saturated heterocycles. The number of ether oxygens (including phenoxy) is 1. The number of nitrogens with two attached hydrogens (primary N) is 1. The van der Waals surface area contributed by atoms with Crippen molar-refractivity contribution in [3.63, 3.8) is 0 Å². The number of hydrogen-bond donors (Lipinski definition) is 3. The molecule has 4 N–H and O–H groups in total. The number of amides is 2. The molecule has 0 atom stereocenters. The van der Waals surface area contributed by atoms with Gasteiger partial charge in [0.05, 0.1) is 24.6 Å². The largest absolute Gasteiger partial charge is 0.397 e. The molecule has 5 heteroatoms. The number of aryl methyl sites for hydroxylation is 1. The van der Waals surface area contributed by atoms with Crippen LogP contribution in [0.1, 0.15) is 18.4 Å². The SMILES string of the molecule is Cc1ccc(NC(=O)NC=C2CCOCC2)c(N)c1. The van der Waals surface area contributed by atoms with Gasteiger partial charge in [-0.1, -0.05) is 6.07 Å². The summed E-state index contributed by atoms with van der Waals surface area (Å²) in [5.41, 5.74) is 9.27. The van der Waals surface area contributed by atoms with Crippen molar-refractivity contribution in [1.29, 1.82) is 0 Å². The predicted octanol–water partition coefficient (Wildman–Crippen LogP) is 2.39. The molecular weight excluding hydrogens is 242 g/mol. The number of hydrogen-bond acceptors (Lipinski definition) is 3. The minimum absolute atomic E-state index is 0.283. The van der Waals surface area contributed by atoms with Gasteiger partial charge in [-0.2, -0.15) is 0 Å². The number of rotatable bonds is 2. The van der Waals surface area contributed by atoms with Crippen molar-refractivity contribution < 1.29 is 9.53 Å². The molecule has 1 heterocycles. The van der Waals surface area contributed by atoms with Crippen molar-refractivity contribution in [3.05, 3.63) is 35.5 Å². The van der Waals surface area contributed by atoms with Crippen LogP contribution >= 0.6 is 0 Å². The molecule has 0 unspecified atom stereocenters. The number of carbonyl (C=O) groups is 1. The quantitative estimate of drug-likeness (QED) is 0.715. The van der Waals surface area contributed by atoms with Crippen LogP contribution in [-0.2, 0) is 4.74 Å². The fourth-order valence-corrected chi connectivity index (χ4v) is 1.90. The molecule has 2 amide bonds. The first kappa shape index (κ1) is 13.4. The molecule has 0 bridgehead atoms. The number of nitrogens with one attached hydrogen (secondary N) is 2. The third-order valence-corrected chi connectivity index (χ3v) is 3.00. The van der Waals surface area contributed by atoms with Gasteiger partial charge < -0.3 is 21.1 Å². The van der Waals surface area contributed by atoms with Crippen LogP contribution in [0.2, 0.25) is 0 Å². The Morgan fingerprint density at radius 2 is 2.11 bits per heavy atom. The van der Waals surface area contributed by atoms with Gasteiger partial charge >= 0.3 is 6.03 Å². The molecule has 102 valence electrons. The second-order valence-corrected chi connectivity index (χ2v) is 4.60. The highest BCUT2D eigenvalue weighted by Gasteiger charge is 2.07. The topological polar surface area (TPSA) is 76.4 Å². The second kappa shape index (κ2) is 6.24. The Balaban J connectivity index is 1.90. The number of anilines is 2. The van der Waals surface area contributed by atoms with Crippen molar-refractivity contribution >= 4 is 17.4 Å². The van der Waals surface area contributed by atoms with Crippen LogP contribution in [0.3, 0.4) is 0 Å². The van der Waals surface area contributed by atoms with Crippen LogP contribution < -0.4 is 16.4 Å². The third kappa shape index (κ3) is 3.99. The smallest absolute Gasteiger partial charge is 0.323 e. The maximum Gasteiger partial charge on any atom is 0.323 e. The molecule has 0 spiro atoms. The van der Waals surface area contributed by atoms with E-state index in [-0.39, 0.29) is 6.03 Å². The summed E-state index contributed by atoms with van der Waals surface area (Å²) >= 11 is 0. The van der Waals surface area contributed by atoms with E-state index in [1.54, 1.807) is 12.3 Å². The van der Waals surface area contributed by atoms with Gasteiger partial charge in [0.15, 0.2) is 0 Å². The van der Waals surface area contributed by atoms with Crippen molar-refractivity contribution in [2.24, 2.45) is 0 Å². The minimum Gasteiger partial charge on any atom is -0.397 e. The maximum atomic E-state index is 11.7. The van der Waals surface area contributed by atoms with Gasteiger partial charge in [0.1, 0.15) is 0 Å². The summed E-state index contributed by atoms with van der Waals surface area (Å²) < 4.78 is 5.24. The van der Waals surface area contributed by atoms with Crippen molar-refractivity contribution in [3.8, 4) is 0 Å². The molecule has 0 aliphatic carbocycles. The highest BCUT2D eigenvalue weighted by molar-refractivity contribution is 5.93. The lowest BCUT2D eigenvalue weighted by Crippen LogP contribution is -2.25. The molecule has 1 aliphatic heterocycles. The highest BCUT2D eigenvalue weighted by Crippen LogP contribution is 2.19. The maximum absolute atomic E-state index is 11.7. The van der Waals surface area contributed by atoms with Crippen molar-refractivity contribution in [2.45, 2.75) is 19.8 Å². The van der Waals surface area contributed by atoms with E-state index in [0.717, 1.165) is 31.6 Å². The Morgan fingerprint density at radius 3 is 2.79 bits per heavy atom. The van der Waals surface area contributed by atoms with Gasteiger partial charge in [0.25, 0.3) is 0 Å². The third-order valence-electron chi connectivity index (χ3n) is 3.00. The molecule has 1 aromatic rings. The standard InChI is InChI=1S/C14H19N3O2/c1-10-2-3-13(12(15)8-10)17-14(18)16-9-11-4-6-19-7-5-11/h2-3,8-9H,4-7,15H2,1H3,(H2,16,17,18). The van der Waals surface area contributed by atoms with E-state index in [0.29, 0.717) is 11.4 Å². The van der Waals surface area contributed by atoms with Crippen LogP contribution in [0.15, 0.2) is 30.0 Å². The van der Waals surface area contributed by atoms with E-state index in [9.17, 15) is 4.79 Å². The van der Waals surface area contributed by atoms with E-state index in [1.807, 2.05) is 19.1 Å². The highest BCUT2D eigenvalue weighted by atomic mass is 16.5. The fraction of sp³-hybridized carbons (Fsp3) is 0.357. The van der Waals surface area contributed by atoms with Crippen LogP contribution in [0.5, 0.6) is 0 Å². The molecule has 0 saturated carbocycles. The zero-order valence-electron chi connectivity index (χ0n) is 11.0. The Labute approximate surface area is 112 Å². The summed E-state index contributed by atoms with van der Waals surface area (Å²) in [7, 11) is 0. The van der Waals surface area contributed by atoms with Crippen LogP contribution in [0.25, 0.3) is 0 Å². The molecule has 2 rings (SSSR count). The second-order valence-electron chi connectivity index (χ2n) is 4.60. The summed E-state index contributed by atoms with van der Waals surface area (Å²) in [5, 5.41) is 5.45. The van der Waals surface area contributed by atoms with Gasteiger partial charge in [-0.05, 0) is 43.0 Å². The van der Waals surface area contributed by atoms with Crippen LogP contribution in [0, 0.1) is 6.92 Å². The van der Waals surface area contributed by atoms with Crippen molar-refractivity contribution in [1.82, 2.24) is 5.32 Å². The fourth-order valence-electron chi connectivity index (χ4n) is 1.90. The zero-order valence-corrected chi connectivity index (χ0v) is 11.0. The van der Waals surface area contributed by atoms with Gasteiger partial charge in [-0.25, -0.2) is 4.79 Å². The molecule has 0 aromatic heterocycles. The molecule has 19 heavy (non-hydrogen) atoms. The van der Waals surface area contributed by atoms with Crippen LogP contribution in [-0.4, -0.2) is 19.2 Å². The lowest BCUT2D eigenvalue weighted by Gasteiger charge is -2.15. The van der Waals surface area contributed by atoms with Crippen molar-refractivity contribution in [2.75, 3.05) is 24.3 Å². The van der Waals surface area contributed by atoms with E-state index in [2.05, 4.69) is 10.6 Å². The molecule has 5 nitrogen and oxygen atoms in total. The van der Waals surface area contributed by atoms with Gasteiger partial charge in [-0.3, -0.25) is 0 Å². The minimum atomic E-state index is -0.283. The summed E-state index contributed by atoms with van der Waals surface area (Å²) in [6, 6.07) is 5.25. The van der Waals surface area contributed by atoms with Gasteiger partial charge in [0, 0.05) is 6.20 Å². The monoisotopic (exact) mass is 261 g/mol. The lowest BCUT2D eigenvalue weighted by atomic mass is 10.1. The summed E-state index contributed by atoms with van der Waals surface area (Å²) in [6.45, 7) is 3.40. The lowest BCUT2D eigenvalue weighted by molar-refractivity contribution is 0.119. The van der Waals surface area contributed by atoms with E-state index in [4.69, 9.17) is 10.5 Å². The number of urea groups is 1. The first-order chi connectivity index (χ1) is 9.15. The summed E-state index contributed by atoms with van der Waals surface area (Å²) in [4.78, 5) is 11.7. The first-order valence-corrected chi connectivity index (χ1v) is 6.34. The number of nitrogen functional groups attached to an aromatic ring is 1. The van der Waals surface area contributed by atoms with E-state index in [1.165, 1.54) is 5.57 Å². The Morgan fingerprint density at radius 1 is 1.37 bits per heavy atom. The molecular formula is C14H19N3O2. The Bertz CT molecular complexity index is 489. The predicted molar refractivity (Wildman–Crippen MR) is 75.9 cm³/mol. The van der Waals surface area contributed by atoms with Gasteiger partial charge in [-0.15, -0.1) is 0 Å². The summed E-state index contributed by atoms with van der Waals surface area (Å²) in [5.74, 6) is 0. The zero-order chi connectivity index (χ0) is 13.7. The molecule has 1 aromatic carbocycles. The molecule has 1 fully saturated rings. The van der Waals surface area contributed by atoms with Crippen LogP contribution in [0.4, 0.5) is 16.2 Å². The number of benzene rings is 1. The van der Waals surface area contributed by atoms with E-state index < -0.39 is 0 Å².